The van der Waals surface area contributed by atoms with Gasteiger partial charge in [0.1, 0.15) is 40.3 Å². The van der Waals surface area contributed by atoms with Crippen LogP contribution < -0.4 is 15.0 Å². The van der Waals surface area contributed by atoms with E-state index in [0.29, 0.717) is 37.1 Å². The van der Waals surface area contributed by atoms with Crippen LogP contribution in [0.3, 0.4) is 0 Å². The molecule has 0 aliphatic carbocycles. The lowest BCUT2D eigenvalue weighted by Gasteiger charge is -2.59. The number of ether oxygens (including phenoxy) is 5. The lowest BCUT2D eigenvalue weighted by atomic mass is 9.72. The maximum atomic E-state index is 14.1. The number of alkyl carbamates (subject to hydrolysis) is 1. The van der Waals surface area contributed by atoms with Gasteiger partial charge in [0.05, 0.1) is 25.1 Å². The fourth-order valence-corrected chi connectivity index (χ4v) is 8.61. The molecule has 6 bridgehead atoms. The number of hydrogen-bond donors (Lipinski definition) is 3. The second-order valence-electron chi connectivity index (χ2n) is 15.8. The second kappa shape index (κ2) is 17.6. The first-order chi connectivity index (χ1) is 26.0. The zero-order valence-corrected chi connectivity index (χ0v) is 33.5. The van der Waals surface area contributed by atoms with E-state index in [1.807, 2.05) is 25.1 Å². The lowest BCUT2D eigenvalue weighted by Crippen LogP contribution is -2.72. The second-order valence-corrected chi connectivity index (χ2v) is 16.2. The number of piperidine rings is 1. The number of carboxylic acids is 1. The number of halogens is 1. The van der Waals surface area contributed by atoms with Gasteiger partial charge in [-0.15, -0.1) is 0 Å². The van der Waals surface area contributed by atoms with Crippen LogP contribution in [0.5, 0.6) is 5.75 Å². The number of unbranched alkanes of at least 4 members (excludes halogenated alkanes) is 2. The molecule has 1 aromatic rings. The quantitative estimate of drug-likeness (QED) is 0.210. The van der Waals surface area contributed by atoms with Gasteiger partial charge in [0.15, 0.2) is 5.72 Å². The average Bonchev–Trinajstić information content (AvgIpc) is 3.12. The summed E-state index contributed by atoms with van der Waals surface area (Å²) in [6.07, 6.45) is 5.66. The Morgan fingerprint density at radius 3 is 2.45 bits per heavy atom. The minimum Gasteiger partial charge on any atom is -0.495 e. The number of nitrogens with one attached hydrogen (secondary N) is 1. The van der Waals surface area contributed by atoms with Gasteiger partial charge in [-0.2, -0.15) is 0 Å². The van der Waals surface area contributed by atoms with E-state index in [1.165, 1.54) is 19.1 Å². The third-order valence-electron chi connectivity index (χ3n) is 11.4. The molecule has 5 heterocycles. The van der Waals surface area contributed by atoms with Crippen molar-refractivity contribution in [3.05, 3.63) is 46.5 Å². The van der Waals surface area contributed by atoms with E-state index in [0.717, 1.165) is 43.6 Å². The van der Waals surface area contributed by atoms with Crippen molar-refractivity contribution >= 4 is 41.2 Å². The van der Waals surface area contributed by atoms with Crippen LogP contribution in [0.4, 0.5) is 10.5 Å². The highest BCUT2D eigenvalue weighted by Gasteiger charge is 2.63. The Kier molecular flexibility index (Phi) is 13.6. The Morgan fingerprint density at radius 2 is 1.80 bits per heavy atom. The maximum Gasteiger partial charge on any atom is 0.409 e. The minimum atomic E-state index is -1.83. The number of hydrogen-bond acceptors (Lipinski definition) is 11. The number of benzene rings is 1. The van der Waals surface area contributed by atoms with Crippen molar-refractivity contribution in [2.75, 3.05) is 45.8 Å². The number of methoxy groups -OCH3 is 2. The Hall–Kier alpha value is -3.69. The molecule has 1 unspecified atom stereocenters. The van der Waals surface area contributed by atoms with Gasteiger partial charge < -0.3 is 43.7 Å². The molecule has 1 aromatic carbocycles. The molecule has 6 atom stereocenters. The molecule has 3 N–H and O–H groups in total. The number of aliphatic carboxylic acids is 1. The molecule has 0 saturated carbocycles. The minimum absolute atomic E-state index is 0.0648. The number of likely N-dealkylation sites (tertiary alicyclic amines) is 1. The summed E-state index contributed by atoms with van der Waals surface area (Å²) in [7, 11) is 4.55. The number of carbonyl (C=O) groups excluding carboxylic acids is 3. The summed E-state index contributed by atoms with van der Waals surface area (Å²) < 4.78 is 29.5. The molecule has 5 aliphatic heterocycles. The van der Waals surface area contributed by atoms with Crippen LogP contribution in [0.25, 0.3) is 0 Å². The fourth-order valence-electron chi connectivity index (χ4n) is 8.30. The molecule has 3 saturated heterocycles. The summed E-state index contributed by atoms with van der Waals surface area (Å²) in [4.78, 5) is 55.3. The summed E-state index contributed by atoms with van der Waals surface area (Å²) in [6, 6.07) is 3.63. The van der Waals surface area contributed by atoms with Crippen LogP contribution in [0.15, 0.2) is 35.9 Å². The topological polar surface area (TPSA) is 173 Å². The molecule has 2 amide bonds. The molecule has 55 heavy (non-hydrogen) atoms. The molecule has 304 valence electrons. The predicted octanol–water partition coefficient (Wildman–Crippen LogP) is 5.17. The third kappa shape index (κ3) is 10.0. The normalized spacial score (nSPS) is 32.3. The van der Waals surface area contributed by atoms with Gasteiger partial charge in [0.25, 0.3) is 0 Å². The van der Waals surface area contributed by atoms with Gasteiger partial charge >= 0.3 is 18.0 Å². The van der Waals surface area contributed by atoms with Crippen molar-refractivity contribution in [2.45, 2.75) is 120 Å². The van der Waals surface area contributed by atoms with Gasteiger partial charge in [-0.05, 0) is 90.2 Å². The Balaban J connectivity index is 1.36. The molecule has 15 heteroatoms. The van der Waals surface area contributed by atoms with Crippen LogP contribution in [-0.2, 0) is 39.8 Å². The summed E-state index contributed by atoms with van der Waals surface area (Å²) in [6.45, 7) is 7.79. The summed E-state index contributed by atoms with van der Waals surface area (Å²) >= 11 is 6.76. The van der Waals surface area contributed by atoms with E-state index in [1.54, 1.807) is 33.0 Å². The van der Waals surface area contributed by atoms with Crippen molar-refractivity contribution in [2.24, 2.45) is 5.92 Å². The number of carboxylic acid groups (broad SMARTS) is 1. The van der Waals surface area contributed by atoms with Crippen LogP contribution in [0, 0.1) is 5.92 Å². The smallest absolute Gasteiger partial charge is 0.409 e. The van der Waals surface area contributed by atoms with E-state index in [9.17, 15) is 29.4 Å². The highest BCUT2D eigenvalue weighted by Crippen LogP contribution is 2.50. The van der Waals surface area contributed by atoms with Crippen molar-refractivity contribution in [3.63, 3.8) is 0 Å². The van der Waals surface area contributed by atoms with Crippen molar-refractivity contribution < 1.29 is 53.1 Å². The third-order valence-corrected chi connectivity index (χ3v) is 11.8. The zero-order valence-electron chi connectivity index (χ0n) is 32.7. The van der Waals surface area contributed by atoms with Crippen molar-refractivity contribution in [1.82, 2.24) is 10.2 Å². The van der Waals surface area contributed by atoms with E-state index in [2.05, 4.69) is 10.2 Å². The molecule has 3 fully saturated rings. The average molecular weight is 790 g/mol. The number of esters is 1. The van der Waals surface area contributed by atoms with E-state index in [4.69, 9.17) is 35.3 Å². The van der Waals surface area contributed by atoms with Gasteiger partial charge in [-0.1, -0.05) is 41.8 Å². The van der Waals surface area contributed by atoms with Gasteiger partial charge in [-0.3, -0.25) is 19.7 Å². The molecular weight excluding hydrogens is 734 g/mol. The Morgan fingerprint density at radius 1 is 1.09 bits per heavy atom. The molecule has 0 aromatic heterocycles. The Bertz CT molecular complexity index is 1650. The number of amides is 2. The highest BCUT2D eigenvalue weighted by atomic mass is 35.5. The van der Waals surface area contributed by atoms with Crippen LogP contribution in [-0.4, -0.2) is 115 Å². The number of nitrogens with zero attached hydrogens (tertiary/aromatic N) is 2. The van der Waals surface area contributed by atoms with E-state index in [-0.39, 0.29) is 42.5 Å². The van der Waals surface area contributed by atoms with Crippen LogP contribution >= 0.6 is 11.6 Å². The summed E-state index contributed by atoms with van der Waals surface area (Å²) in [5.74, 6) is -1.46. The highest BCUT2D eigenvalue weighted by molar-refractivity contribution is 6.35. The molecule has 6 rings (SSSR count). The number of carbonyl (C=O) groups is 4. The summed E-state index contributed by atoms with van der Waals surface area (Å²) in [5, 5.41) is 23.8. The van der Waals surface area contributed by atoms with Gasteiger partial charge in [0, 0.05) is 33.4 Å². The largest absolute Gasteiger partial charge is 0.495 e. The number of allylic oxidation sites excluding steroid dienone is 3. The van der Waals surface area contributed by atoms with Crippen LogP contribution in [0.2, 0.25) is 5.02 Å². The number of aliphatic hydroxyl groups is 1. The van der Waals surface area contributed by atoms with Gasteiger partial charge in [0.2, 0.25) is 5.91 Å². The monoisotopic (exact) mass is 789 g/mol. The first-order valence-electron chi connectivity index (χ1n) is 19.0. The predicted molar refractivity (Wildman–Crippen MR) is 204 cm³/mol. The Labute approximate surface area is 328 Å². The molecule has 0 radical (unpaired) electrons. The zero-order chi connectivity index (χ0) is 40.1. The molecular formula is C40H56ClN3O11. The first-order valence-corrected chi connectivity index (χ1v) is 19.4. The maximum absolute atomic E-state index is 14.1. The van der Waals surface area contributed by atoms with Crippen molar-refractivity contribution in [1.29, 1.82) is 0 Å². The molecule has 14 nitrogen and oxygen atoms in total. The van der Waals surface area contributed by atoms with Gasteiger partial charge in [-0.25, -0.2) is 4.79 Å². The summed E-state index contributed by atoms with van der Waals surface area (Å²) in [5.41, 5.74) is -1.87. The SMILES string of the molecule is COc1cc2cc(c1Cl)N(C)C(=O)C[C@H](OC(=O)CCCCCN1CCC(C(=O)O)CC1)[C@@]1(C)CC(C)(O1)[C@@H]1C[C@@](O)(NC(=O)O1)[C@H](OC)/C=C/C=C(\C)C2. The standard InChI is InChI=1S/C40H56ClN3O11/c1-25-11-10-12-30(52-6)40(50)23-32(54-37(49)42-40)39(3)24-38(2,55-39)31(22-33(45)43(4)28-20-26(19-25)21-29(51-5)35(28)41)53-34(46)13-8-7-9-16-44-17-14-27(15-18-44)36(47)48/h10-12,20-21,27,30-32,50H,7-9,13-19,22-24H2,1-6H3,(H,42,49)(H,47,48)/b12-10+,25-11+/t30-,31+,32+,38-,39?,40+/m1/s1. The number of fused-ring (bicyclic) bond motifs is 6. The van der Waals surface area contributed by atoms with E-state index < -0.39 is 53.3 Å². The number of rotatable bonds is 10. The van der Waals surface area contributed by atoms with Crippen molar-refractivity contribution in [3.8, 4) is 5.75 Å². The van der Waals surface area contributed by atoms with E-state index >= 15 is 0 Å². The first kappa shape index (κ1) is 42.5. The molecule has 0 spiro atoms. The fraction of sp³-hybridized carbons (Fsp3) is 0.650. The van der Waals surface area contributed by atoms with Crippen LogP contribution in [0.1, 0.15) is 84.1 Å². The lowest BCUT2D eigenvalue weighted by molar-refractivity contribution is -0.328. The number of anilines is 1. The molecule has 5 aliphatic rings.